The Bertz CT molecular complexity index is 872. The number of benzene rings is 1. The van der Waals surface area contributed by atoms with E-state index in [1.165, 1.54) is 44.6 Å². The molecule has 1 N–H and O–H groups in total. The van der Waals surface area contributed by atoms with E-state index in [1.807, 2.05) is 12.1 Å². The van der Waals surface area contributed by atoms with Crippen LogP contribution in [0.2, 0.25) is 5.02 Å². The van der Waals surface area contributed by atoms with Crippen LogP contribution in [0, 0.1) is 22.6 Å². The molecule has 4 aliphatic rings. The molecule has 4 bridgehead atoms. The molecule has 2 nitrogen and oxygen atoms in total. The first kappa shape index (κ1) is 17.8. The Morgan fingerprint density at radius 2 is 1.81 bits per heavy atom. The molecule has 4 aliphatic carbocycles. The van der Waals surface area contributed by atoms with Crippen molar-refractivity contribution in [2.24, 2.45) is 16.7 Å². The van der Waals surface area contributed by atoms with Crippen LogP contribution in [0.25, 0.3) is 11.3 Å². The van der Waals surface area contributed by atoms with E-state index in [9.17, 15) is 4.39 Å². The van der Waals surface area contributed by atoms with Gasteiger partial charge in [-0.1, -0.05) is 25.4 Å². The number of halogens is 2. The van der Waals surface area contributed by atoms with Gasteiger partial charge < -0.3 is 9.73 Å². The highest BCUT2D eigenvalue weighted by atomic mass is 35.5. The highest BCUT2D eigenvalue weighted by Crippen LogP contribution is 2.66. The van der Waals surface area contributed by atoms with Gasteiger partial charge in [0, 0.05) is 11.1 Å². The third-order valence-corrected chi connectivity index (χ3v) is 7.42. The molecule has 1 aromatic carbocycles. The lowest BCUT2D eigenvalue weighted by Gasteiger charge is -2.65. The van der Waals surface area contributed by atoms with Crippen molar-refractivity contribution in [3.8, 4) is 11.3 Å². The zero-order valence-electron chi connectivity index (χ0n) is 16.1. The van der Waals surface area contributed by atoms with E-state index in [1.54, 1.807) is 12.1 Å². The minimum absolute atomic E-state index is 0.124. The van der Waals surface area contributed by atoms with Crippen molar-refractivity contribution >= 4 is 11.6 Å². The van der Waals surface area contributed by atoms with Crippen LogP contribution in [0.15, 0.2) is 34.7 Å². The van der Waals surface area contributed by atoms with Crippen molar-refractivity contribution in [3.05, 3.63) is 46.9 Å². The Morgan fingerprint density at radius 1 is 1.07 bits per heavy atom. The van der Waals surface area contributed by atoms with Gasteiger partial charge in [0.05, 0.1) is 11.6 Å². The summed E-state index contributed by atoms with van der Waals surface area (Å²) in [5.41, 5.74) is 2.07. The van der Waals surface area contributed by atoms with Crippen LogP contribution in [0.5, 0.6) is 0 Å². The van der Waals surface area contributed by atoms with Crippen LogP contribution in [0.1, 0.15) is 58.1 Å². The first-order valence-corrected chi connectivity index (χ1v) is 10.4. The van der Waals surface area contributed by atoms with Gasteiger partial charge in [-0.05, 0) is 85.6 Å². The van der Waals surface area contributed by atoms with Gasteiger partial charge in [-0.25, -0.2) is 4.39 Å². The second-order valence-corrected chi connectivity index (χ2v) is 10.6. The highest BCUT2D eigenvalue weighted by Gasteiger charge is 2.59. The summed E-state index contributed by atoms with van der Waals surface area (Å²) in [6.07, 6.45) is 8.07. The molecule has 0 spiro atoms. The molecule has 0 aliphatic heterocycles. The Morgan fingerprint density at radius 3 is 2.48 bits per heavy atom. The fraction of sp³-hybridized carbons (Fsp3) is 0.565. The van der Waals surface area contributed by atoms with Crippen LogP contribution in [0.3, 0.4) is 0 Å². The lowest BCUT2D eigenvalue weighted by atomic mass is 9.43. The lowest BCUT2D eigenvalue weighted by Crippen LogP contribution is -2.63. The van der Waals surface area contributed by atoms with Gasteiger partial charge in [-0.15, -0.1) is 0 Å². The molecule has 0 amide bonds. The van der Waals surface area contributed by atoms with Gasteiger partial charge in [-0.3, -0.25) is 0 Å². The predicted molar refractivity (Wildman–Crippen MR) is 106 cm³/mol. The van der Waals surface area contributed by atoms with Gasteiger partial charge in [0.2, 0.25) is 0 Å². The van der Waals surface area contributed by atoms with Crippen LogP contribution in [0.4, 0.5) is 4.39 Å². The quantitative estimate of drug-likeness (QED) is 0.641. The van der Waals surface area contributed by atoms with Gasteiger partial charge in [-0.2, -0.15) is 0 Å². The maximum atomic E-state index is 13.4. The molecule has 2 unspecified atom stereocenters. The Labute approximate surface area is 165 Å². The minimum Gasteiger partial charge on any atom is -0.460 e. The third-order valence-electron chi connectivity index (χ3n) is 7.13. The summed E-state index contributed by atoms with van der Waals surface area (Å²) in [5, 5.41) is 4.02. The minimum atomic E-state index is -0.405. The molecule has 1 heterocycles. The number of nitrogens with one attached hydrogen (secondary N) is 1. The summed E-state index contributed by atoms with van der Waals surface area (Å²) in [4.78, 5) is 0. The van der Waals surface area contributed by atoms with E-state index in [4.69, 9.17) is 16.0 Å². The summed E-state index contributed by atoms with van der Waals surface area (Å²) in [5.74, 6) is 2.13. The molecule has 0 saturated heterocycles. The van der Waals surface area contributed by atoms with Crippen molar-refractivity contribution < 1.29 is 8.81 Å². The van der Waals surface area contributed by atoms with E-state index in [-0.39, 0.29) is 10.6 Å². The van der Waals surface area contributed by atoms with Gasteiger partial charge >= 0.3 is 0 Å². The molecule has 2 atom stereocenters. The normalized spacial score (nSPS) is 37.1. The van der Waals surface area contributed by atoms with Crippen molar-refractivity contribution in [1.29, 1.82) is 0 Å². The maximum absolute atomic E-state index is 13.4. The van der Waals surface area contributed by atoms with E-state index in [2.05, 4.69) is 19.2 Å². The molecule has 27 heavy (non-hydrogen) atoms. The van der Waals surface area contributed by atoms with E-state index < -0.39 is 5.82 Å². The first-order valence-electron chi connectivity index (χ1n) is 10.0. The molecule has 144 valence electrons. The SMILES string of the molecule is CC12CC3CC(C)(C1)CC(NCc1ccc(-c4ccc(F)c(Cl)c4)o1)(C3)C2. The molecule has 1 aromatic heterocycles. The zero-order chi connectivity index (χ0) is 18.9. The van der Waals surface area contributed by atoms with Gasteiger partial charge in [0.25, 0.3) is 0 Å². The van der Waals surface area contributed by atoms with E-state index in [0.29, 0.717) is 10.8 Å². The molecule has 4 heteroatoms. The average molecular weight is 388 g/mol. The van der Waals surface area contributed by atoms with Crippen LogP contribution >= 0.6 is 11.6 Å². The van der Waals surface area contributed by atoms with Crippen molar-refractivity contribution in [1.82, 2.24) is 5.32 Å². The lowest BCUT2D eigenvalue weighted by molar-refractivity contribution is -0.118. The summed E-state index contributed by atoms with van der Waals surface area (Å²) in [7, 11) is 0. The molecule has 0 radical (unpaired) electrons. The Kier molecular flexibility index (Phi) is 3.84. The zero-order valence-corrected chi connectivity index (χ0v) is 16.8. The molecular formula is C23H27ClFNO. The number of hydrogen-bond donors (Lipinski definition) is 1. The Balaban J connectivity index is 1.32. The summed E-state index contributed by atoms with van der Waals surface area (Å²) in [6, 6.07) is 8.67. The molecular weight excluding hydrogens is 361 g/mol. The van der Waals surface area contributed by atoms with Crippen LogP contribution < -0.4 is 5.32 Å². The van der Waals surface area contributed by atoms with Crippen molar-refractivity contribution in [3.63, 3.8) is 0 Å². The average Bonchev–Trinajstić information content (AvgIpc) is 3.01. The van der Waals surface area contributed by atoms with Gasteiger partial charge in [0.15, 0.2) is 0 Å². The second kappa shape index (κ2) is 5.84. The smallest absolute Gasteiger partial charge is 0.141 e. The fourth-order valence-electron chi connectivity index (χ4n) is 7.20. The molecule has 6 rings (SSSR count). The predicted octanol–water partition coefficient (Wildman–Crippen LogP) is 6.58. The number of furan rings is 1. The monoisotopic (exact) mass is 387 g/mol. The topological polar surface area (TPSA) is 25.2 Å². The second-order valence-electron chi connectivity index (χ2n) is 10.2. The standard InChI is InChI=1S/C23H27ClFNO/c1-21-8-15-9-22(2,12-21)14-23(10-15,13-21)26-11-17-4-6-20(27-17)16-3-5-19(25)18(24)7-16/h3-7,15,26H,8-14H2,1-2H3. The number of rotatable bonds is 4. The van der Waals surface area contributed by atoms with Crippen LogP contribution in [-0.2, 0) is 6.54 Å². The maximum Gasteiger partial charge on any atom is 0.141 e. The largest absolute Gasteiger partial charge is 0.460 e. The van der Waals surface area contributed by atoms with Crippen molar-refractivity contribution in [2.45, 2.75) is 64.5 Å². The fourth-order valence-corrected chi connectivity index (χ4v) is 7.38. The summed E-state index contributed by atoms with van der Waals surface area (Å²) in [6.45, 7) is 5.73. The first-order chi connectivity index (χ1) is 12.8. The summed E-state index contributed by atoms with van der Waals surface area (Å²) < 4.78 is 19.4. The van der Waals surface area contributed by atoms with E-state index >= 15 is 0 Å². The summed E-state index contributed by atoms with van der Waals surface area (Å²) >= 11 is 5.91. The highest BCUT2D eigenvalue weighted by molar-refractivity contribution is 6.31. The third kappa shape index (κ3) is 3.13. The van der Waals surface area contributed by atoms with Crippen molar-refractivity contribution in [2.75, 3.05) is 0 Å². The van der Waals surface area contributed by atoms with Gasteiger partial charge in [0.1, 0.15) is 17.3 Å². The van der Waals surface area contributed by atoms with E-state index in [0.717, 1.165) is 29.5 Å². The molecule has 4 saturated carbocycles. The Hall–Kier alpha value is -1.32. The number of hydrogen-bond acceptors (Lipinski definition) is 2. The van der Waals surface area contributed by atoms with Crippen LogP contribution in [-0.4, -0.2) is 5.54 Å². The molecule has 2 aromatic rings. The molecule has 4 fully saturated rings.